The Balaban J connectivity index is 3.01. The van der Waals surface area contributed by atoms with Crippen molar-refractivity contribution >= 4 is 0 Å². The number of nitrogens with one attached hydrogen (secondary N) is 1. The van der Waals surface area contributed by atoms with Crippen LogP contribution in [0.3, 0.4) is 0 Å². The van der Waals surface area contributed by atoms with Gasteiger partial charge in [0.2, 0.25) is 0 Å². The van der Waals surface area contributed by atoms with E-state index in [-0.39, 0.29) is 12.1 Å². The fraction of sp³-hybridized carbons (Fsp3) is 0.625. The van der Waals surface area contributed by atoms with Crippen molar-refractivity contribution < 1.29 is 19.3 Å². The molecule has 1 rings (SSSR count). The smallest absolute Gasteiger partial charge is 0.164 e. The lowest BCUT2D eigenvalue weighted by atomic mass is 9.93. The Kier molecular flexibility index (Phi) is 6.78. The van der Waals surface area contributed by atoms with Crippen molar-refractivity contribution in [1.82, 2.24) is 5.32 Å². The Hall–Kier alpha value is -1.46. The van der Waals surface area contributed by atoms with E-state index >= 15 is 0 Å². The summed E-state index contributed by atoms with van der Waals surface area (Å²) in [5.41, 5.74) is 0.702. The average molecular weight is 297 g/mol. The highest BCUT2D eigenvalue weighted by Crippen LogP contribution is 2.34. The van der Waals surface area contributed by atoms with E-state index in [9.17, 15) is 5.11 Å². The van der Waals surface area contributed by atoms with Gasteiger partial charge in [-0.2, -0.15) is 0 Å². The van der Waals surface area contributed by atoms with Gasteiger partial charge in [0.15, 0.2) is 11.5 Å². The van der Waals surface area contributed by atoms with Crippen LogP contribution in [0.15, 0.2) is 12.1 Å². The first-order valence-corrected chi connectivity index (χ1v) is 7.24. The minimum atomic E-state index is -0.266. The molecule has 0 heterocycles. The second-order valence-electron chi connectivity index (χ2n) is 5.02. The molecular weight excluding hydrogens is 270 g/mol. The second kappa shape index (κ2) is 8.10. The van der Waals surface area contributed by atoms with Crippen LogP contribution < -0.4 is 19.5 Å². The van der Waals surface area contributed by atoms with Gasteiger partial charge in [0.05, 0.1) is 27.9 Å². The van der Waals surface area contributed by atoms with E-state index in [1.54, 1.807) is 21.3 Å². The summed E-state index contributed by atoms with van der Waals surface area (Å²) in [6, 6.07) is 3.71. The SMILES string of the molecule is CCC(CC)(CO)NCc1cc(OC)c(OC)cc1OC. The Morgan fingerprint density at radius 3 is 1.90 bits per heavy atom. The van der Waals surface area contributed by atoms with Gasteiger partial charge in [0.1, 0.15) is 5.75 Å². The monoisotopic (exact) mass is 297 g/mol. The molecular formula is C16H27NO4. The minimum Gasteiger partial charge on any atom is -0.496 e. The molecule has 0 saturated heterocycles. The van der Waals surface area contributed by atoms with E-state index in [0.717, 1.165) is 24.2 Å². The summed E-state index contributed by atoms with van der Waals surface area (Å²) in [7, 11) is 4.83. The lowest BCUT2D eigenvalue weighted by Crippen LogP contribution is -2.47. The first-order valence-electron chi connectivity index (χ1n) is 7.24. The third-order valence-electron chi connectivity index (χ3n) is 4.10. The molecule has 5 heteroatoms. The van der Waals surface area contributed by atoms with E-state index in [1.165, 1.54) is 0 Å². The molecule has 0 aliphatic rings. The van der Waals surface area contributed by atoms with Gasteiger partial charge in [0, 0.05) is 23.7 Å². The van der Waals surface area contributed by atoms with Crippen LogP contribution >= 0.6 is 0 Å². The highest BCUT2D eigenvalue weighted by molar-refractivity contribution is 5.50. The second-order valence-corrected chi connectivity index (χ2v) is 5.02. The van der Waals surface area contributed by atoms with Crippen LogP contribution in [0.4, 0.5) is 0 Å². The van der Waals surface area contributed by atoms with Gasteiger partial charge >= 0.3 is 0 Å². The summed E-state index contributed by atoms with van der Waals surface area (Å²) in [4.78, 5) is 0. The highest BCUT2D eigenvalue weighted by Gasteiger charge is 2.25. The topological polar surface area (TPSA) is 60.0 Å². The van der Waals surface area contributed by atoms with Gasteiger partial charge in [-0.1, -0.05) is 13.8 Å². The van der Waals surface area contributed by atoms with Crippen molar-refractivity contribution in [2.24, 2.45) is 0 Å². The molecule has 1 aromatic carbocycles. The predicted molar refractivity (Wildman–Crippen MR) is 83.3 cm³/mol. The maximum absolute atomic E-state index is 9.63. The van der Waals surface area contributed by atoms with Crippen LogP contribution in [0.5, 0.6) is 17.2 Å². The number of hydrogen-bond acceptors (Lipinski definition) is 5. The van der Waals surface area contributed by atoms with Gasteiger partial charge in [-0.25, -0.2) is 0 Å². The number of aliphatic hydroxyl groups excluding tert-OH is 1. The summed E-state index contributed by atoms with van der Waals surface area (Å²) in [6.07, 6.45) is 1.71. The molecule has 0 aromatic heterocycles. The molecule has 0 saturated carbocycles. The molecule has 0 fully saturated rings. The summed E-state index contributed by atoms with van der Waals surface area (Å²) in [5, 5.41) is 13.1. The fourth-order valence-corrected chi connectivity index (χ4v) is 2.29. The van der Waals surface area contributed by atoms with Crippen molar-refractivity contribution in [3.63, 3.8) is 0 Å². The molecule has 1 aromatic rings. The van der Waals surface area contributed by atoms with Crippen molar-refractivity contribution in [2.75, 3.05) is 27.9 Å². The molecule has 120 valence electrons. The molecule has 0 bridgehead atoms. The van der Waals surface area contributed by atoms with Crippen LogP contribution in [0, 0.1) is 0 Å². The van der Waals surface area contributed by atoms with Crippen LogP contribution in [0.25, 0.3) is 0 Å². The molecule has 0 amide bonds. The third-order valence-corrected chi connectivity index (χ3v) is 4.10. The van der Waals surface area contributed by atoms with E-state index in [1.807, 2.05) is 12.1 Å². The zero-order valence-electron chi connectivity index (χ0n) is 13.7. The summed E-state index contributed by atoms with van der Waals surface area (Å²) in [5.74, 6) is 2.04. The Bertz CT molecular complexity index is 436. The summed E-state index contributed by atoms with van der Waals surface area (Å²) < 4.78 is 16.0. The molecule has 0 spiro atoms. The molecule has 0 unspecified atom stereocenters. The summed E-state index contributed by atoms with van der Waals surface area (Å²) >= 11 is 0. The fourth-order valence-electron chi connectivity index (χ4n) is 2.29. The van der Waals surface area contributed by atoms with E-state index in [4.69, 9.17) is 14.2 Å². The van der Waals surface area contributed by atoms with E-state index in [0.29, 0.717) is 18.0 Å². The van der Waals surface area contributed by atoms with Crippen molar-refractivity contribution in [3.8, 4) is 17.2 Å². The number of hydrogen-bond donors (Lipinski definition) is 2. The van der Waals surface area contributed by atoms with Gasteiger partial charge in [0.25, 0.3) is 0 Å². The van der Waals surface area contributed by atoms with E-state index in [2.05, 4.69) is 19.2 Å². The number of rotatable bonds is 9. The van der Waals surface area contributed by atoms with Crippen LogP contribution in [0.1, 0.15) is 32.3 Å². The quantitative estimate of drug-likeness (QED) is 0.733. The number of ether oxygens (including phenoxy) is 3. The lowest BCUT2D eigenvalue weighted by Gasteiger charge is -2.31. The zero-order valence-corrected chi connectivity index (χ0v) is 13.7. The van der Waals surface area contributed by atoms with Gasteiger partial charge in [-0.3, -0.25) is 0 Å². The predicted octanol–water partition coefficient (Wildman–Crippen LogP) is 2.35. The van der Waals surface area contributed by atoms with Gasteiger partial charge < -0.3 is 24.6 Å². The first-order chi connectivity index (χ1) is 10.1. The normalized spacial score (nSPS) is 11.3. The van der Waals surface area contributed by atoms with Crippen LogP contribution in [0.2, 0.25) is 0 Å². The highest BCUT2D eigenvalue weighted by atomic mass is 16.5. The summed E-state index contributed by atoms with van der Waals surface area (Å²) in [6.45, 7) is 4.83. The van der Waals surface area contributed by atoms with Crippen molar-refractivity contribution in [1.29, 1.82) is 0 Å². The standard InChI is InChI=1S/C16H27NO4/c1-6-16(7-2,11-18)17-10-12-8-14(20-4)15(21-5)9-13(12)19-3/h8-9,17-18H,6-7,10-11H2,1-5H3. The average Bonchev–Trinajstić information content (AvgIpc) is 2.55. The molecule has 0 aliphatic carbocycles. The van der Waals surface area contributed by atoms with E-state index < -0.39 is 0 Å². The molecule has 0 atom stereocenters. The first kappa shape index (κ1) is 17.6. The largest absolute Gasteiger partial charge is 0.496 e. The Labute approximate surface area is 127 Å². The third kappa shape index (κ3) is 4.02. The molecule has 5 nitrogen and oxygen atoms in total. The van der Waals surface area contributed by atoms with Gasteiger partial charge in [-0.15, -0.1) is 0 Å². The maximum atomic E-state index is 9.63. The molecule has 21 heavy (non-hydrogen) atoms. The zero-order chi connectivity index (χ0) is 15.9. The number of aliphatic hydroxyl groups is 1. The Morgan fingerprint density at radius 1 is 0.952 bits per heavy atom. The van der Waals surface area contributed by atoms with Crippen LogP contribution in [-0.4, -0.2) is 38.6 Å². The van der Waals surface area contributed by atoms with Crippen molar-refractivity contribution in [2.45, 2.75) is 38.8 Å². The maximum Gasteiger partial charge on any atom is 0.164 e. The number of benzene rings is 1. The lowest BCUT2D eigenvalue weighted by molar-refractivity contribution is 0.149. The van der Waals surface area contributed by atoms with Crippen molar-refractivity contribution in [3.05, 3.63) is 17.7 Å². The minimum absolute atomic E-state index is 0.107. The molecule has 2 N–H and O–H groups in total. The molecule has 0 aliphatic heterocycles. The Morgan fingerprint density at radius 2 is 1.48 bits per heavy atom. The number of methoxy groups -OCH3 is 3. The van der Waals surface area contributed by atoms with Gasteiger partial charge in [-0.05, 0) is 18.9 Å². The van der Waals surface area contributed by atoms with Crippen LogP contribution in [-0.2, 0) is 6.54 Å². The molecule has 0 radical (unpaired) electrons.